The Kier molecular flexibility index (Phi) is 6.00. The van der Waals surface area contributed by atoms with Gasteiger partial charge in [-0.25, -0.2) is 9.97 Å². The van der Waals surface area contributed by atoms with Crippen molar-refractivity contribution in [1.29, 1.82) is 5.26 Å². The Balaban J connectivity index is 1.35. The lowest BCUT2D eigenvalue weighted by Crippen LogP contribution is -2.46. The van der Waals surface area contributed by atoms with Gasteiger partial charge >= 0.3 is 0 Å². The van der Waals surface area contributed by atoms with E-state index in [9.17, 15) is 10.1 Å². The number of carbonyl (C=O) groups is 1. The fraction of sp³-hybridized carbons (Fsp3) is 0.375. The van der Waals surface area contributed by atoms with Gasteiger partial charge in [0.15, 0.2) is 0 Å². The Morgan fingerprint density at radius 3 is 2.82 bits per heavy atom. The standard InChI is InChI=1S/C24H25N7O2S/c1-24(2)21-17(22(32)31(24)8-7-30-9-11-33-12-10-30)13-20(34-21)19-4-6-27-23(29-19)28-18-3-5-26-15-16(18)14-25/h3-6,13,15H,7-12H2,1-2H3,(H,26,27,28,29). The van der Waals surface area contributed by atoms with Gasteiger partial charge in [0.25, 0.3) is 5.91 Å². The summed E-state index contributed by atoms with van der Waals surface area (Å²) in [5.41, 5.74) is 2.11. The van der Waals surface area contributed by atoms with Gasteiger partial charge in [-0.05, 0) is 32.0 Å². The molecule has 5 heterocycles. The van der Waals surface area contributed by atoms with Crippen LogP contribution in [0.3, 0.4) is 0 Å². The van der Waals surface area contributed by atoms with Crippen molar-refractivity contribution in [2.75, 3.05) is 44.7 Å². The van der Waals surface area contributed by atoms with Gasteiger partial charge in [0.2, 0.25) is 5.95 Å². The van der Waals surface area contributed by atoms with Crippen molar-refractivity contribution >= 4 is 28.9 Å². The summed E-state index contributed by atoms with van der Waals surface area (Å²) in [6.07, 6.45) is 4.77. The molecule has 0 radical (unpaired) electrons. The largest absolute Gasteiger partial charge is 0.379 e. The number of anilines is 2. The van der Waals surface area contributed by atoms with Crippen molar-refractivity contribution < 1.29 is 9.53 Å². The third-order valence-corrected chi connectivity index (χ3v) is 7.75. The molecule has 2 aliphatic rings. The Bertz CT molecular complexity index is 1260. The number of hydrogen-bond acceptors (Lipinski definition) is 9. The minimum atomic E-state index is -0.380. The molecule has 0 aliphatic carbocycles. The summed E-state index contributed by atoms with van der Waals surface area (Å²) in [7, 11) is 0. The lowest BCUT2D eigenvalue weighted by Gasteiger charge is -2.35. The predicted molar refractivity (Wildman–Crippen MR) is 129 cm³/mol. The maximum atomic E-state index is 13.3. The first kappa shape index (κ1) is 22.4. The van der Waals surface area contributed by atoms with E-state index in [4.69, 9.17) is 4.74 Å². The zero-order chi connectivity index (χ0) is 23.7. The lowest BCUT2D eigenvalue weighted by atomic mass is 10.0. The number of aromatic nitrogens is 3. The van der Waals surface area contributed by atoms with E-state index in [0.29, 0.717) is 23.7 Å². The molecule has 1 fully saturated rings. The second-order valence-corrected chi connectivity index (χ2v) is 9.80. The molecule has 1 amide bonds. The number of morpholine rings is 1. The SMILES string of the molecule is CC1(C)c2sc(-c3ccnc(Nc4ccncc4C#N)n3)cc2C(=O)N1CCN1CCOCC1. The van der Waals surface area contributed by atoms with Crippen molar-refractivity contribution in [2.24, 2.45) is 0 Å². The van der Waals surface area contributed by atoms with Crippen LogP contribution in [-0.4, -0.2) is 70.1 Å². The molecule has 3 aromatic rings. The first-order valence-electron chi connectivity index (χ1n) is 11.2. The van der Waals surface area contributed by atoms with Crippen LogP contribution in [0.2, 0.25) is 0 Å². The van der Waals surface area contributed by atoms with Gasteiger partial charge in [0, 0.05) is 49.6 Å². The molecular formula is C24H25N7O2S. The van der Waals surface area contributed by atoms with Gasteiger partial charge in [-0.1, -0.05) is 0 Å². The molecule has 0 unspecified atom stereocenters. The summed E-state index contributed by atoms with van der Waals surface area (Å²) in [6, 6.07) is 7.59. The van der Waals surface area contributed by atoms with Crippen LogP contribution < -0.4 is 5.32 Å². The number of nitrogens with one attached hydrogen (secondary N) is 1. The summed E-state index contributed by atoms with van der Waals surface area (Å²) in [5.74, 6) is 0.449. The normalized spacial score (nSPS) is 17.4. The first-order chi connectivity index (χ1) is 16.5. The van der Waals surface area contributed by atoms with E-state index in [1.165, 1.54) is 6.20 Å². The molecular weight excluding hydrogens is 450 g/mol. The number of ether oxygens (including phenoxy) is 1. The smallest absolute Gasteiger partial charge is 0.255 e. The van der Waals surface area contributed by atoms with Crippen molar-refractivity contribution in [3.05, 3.63) is 52.8 Å². The van der Waals surface area contributed by atoms with E-state index < -0.39 is 0 Å². The average molecular weight is 476 g/mol. The minimum absolute atomic E-state index is 0.0682. The van der Waals surface area contributed by atoms with Crippen LogP contribution in [0.15, 0.2) is 36.8 Å². The lowest BCUT2D eigenvalue weighted by molar-refractivity contribution is 0.0263. The van der Waals surface area contributed by atoms with E-state index in [0.717, 1.165) is 53.9 Å². The van der Waals surface area contributed by atoms with E-state index in [-0.39, 0.29) is 11.4 Å². The zero-order valence-electron chi connectivity index (χ0n) is 19.1. The molecule has 3 aromatic heterocycles. The molecule has 1 saturated heterocycles. The van der Waals surface area contributed by atoms with Crippen molar-refractivity contribution in [2.45, 2.75) is 19.4 Å². The molecule has 0 aromatic carbocycles. The minimum Gasteiger partial charge on any atom is -0.379 e. The molecule has 0 saturated carbocycles. The zero-order valence-corrected chi connectivity index (χ0v) is 19.9. The Labute approximate surface area is 202 Å². The molecule has 0 atom stereocenters. The van der Waals surface area contributed by atoms with Crippen LogP contribution in [0.4, 0.5) is 11.6 Å². The van der Waals surface area contributed by atoms with Gasteiger partial charge in [0.1, 0.15) is 6.07 Å². The molecule has 174 valence electrons. The average Bonchev–Trinajstić information content (AvgIpc) is 3.38. The van der Waals surface area contributed by atoms with Gasteiger partial charge < -0.3 is 15.0 Å². The van der Waals surface area contributed by atoms with Crippen molar-refractivity contribution in [1.82, 2.24) is 24.8 Å². The highest BCUT2D eigenvalue weighted by Gasteiger charge is 2.44. The summed E-state index contributed by atoms with van der Waals surface area (Å²) < 4.78 is 5.43. The van der Waals surface area contributed by atoms with Crippen LogP contribution in [0.5, 0.6) is 0 Å². The fourth-order valence-corrected chi connectivity index (χ4v) is 5.60. The van der Waals surface area contributed by atoms with Crippen LogP contribution >= 0.6 is 11.3 Å². The van der Waals surface area contributed by atoms with E-state index in [2.05, 4.69) is 45.1 Å². The highest BCUT2D eigenvalue weighted by atomic mass is 32.1. The second-order valence-electron chi connectivity index (χ2n) is 8.75. The maximum Gasteiger partial charge on any atom is 0.255 e. The van der Waals surface area contributed by atoms with E-state index in [1.807, 2.05) is 17.0 Å². The van der Waals surface area contributed by atoms with E-state index >= 15 is 0 Å². The number of rotatable bonds is 6. The van der Waals surface area contributed by atoms with Crippen molar-refractivity contribution in [3.63, 3.8) is 0 Å². The number of nitrogens with zero attached hydrogens (tertiary/aromatic N) is 6. The number of nitriles is 1. The van der Waals surface area contributed by atoms with Crippen LogP contribution in [-0.2, 0) is 10.3 Å². The van der Waals surface area contributed by atoms with E-state index in [1.54, 1.807) is 29.8 Å². The predicted octanol–water partition coefficient (Wildman–Crippen LogP) is 3.24. The molecule has 34 heavy (non-hydrogen) atoms. The number of hydrogen-bond donors (Lipinski definition) is 1. The first-order valence-corrected chi connectivity index (χ1v) is 12.0. The highest BCUT2D eigenvalue weighted by Crippen LogP contribution is 2.45. The molecule has 0 spiro atoms. The molecule has 10 heteroatoms. The Morgan fingerprint density at radius 2 is 2.06 bits per heavy atom. The summed E-state index contributed by atoms with van der Waals surface area (Å²) in [4.78, 5) is 32.5. The summed E-state index contributed by atoms with van der Waals surface area (Å²) in [6.45, 7) is 9.08. The number of amides is 1. The van der Waals surface area contributed by atoms with Crippen LogP contribution in [0, 0.1) is 11.3 Å². The Morgan fingerprint density at radius 1 is 1.24 bits per heavy atom. The van der Waals surface area contributed by atoms with Crippen LogP contribution in [0.1, 0.15) is 34.6 Å². The number of carbonyl (C=O) groups excluding carboxylic acids is 1. The monoisotopic (exact) mass is 475 g/mol. The summed E-state index contributed by atoms with van der Waals surface area (Å²) >= 11 is 1.60. The van der Waals surface area contributed by atoms with Crippen molar-refractivity contribution in [3.8, 4) is 16.6 Å². The molecule has 9 nitrogen and oxygen atoms in total. The third kappa shape index (κ3) is 4.14. The number of fused-ring (bicyclic) bond motifs is 1. The molecule has 1 N–H and O–H groups in total. The highest BCUT2D eigenvalue weighted by molar-refractivity contribution is 7.16. The number of pyridine rings is 1. The molecule has 5 rings (SSSR count). The van der Waals surface area contributed by atoms with Gasteiger partial charge in [-0.3, -0.25) is 14.7 Å². The fourth-order valence-electron chi connectivity index (χ4n) is 4.37. The van der Waals surface area contributed by atoms with Gasteiger partial charge in [0.05, 0.1) is 46.1 Å². The van der Waals surface area contributed by atoms with Gasteiger partial charge in [-0.2, -0.15) is 5.26 Å². The summed E-state index contributed by atoms with van der Waals surface area (Å²) in [5, 5.41) is 12.4. The maximum absolute atomic E-state index is 13.3. The topological polar surface area (TPSA) is 107 Å². The third-order valence-electron chi connectivity index (χ3n) is 6.28. The quantitative estimate of drug-likeness (QED) is 0.579. The second kappa shape index (κ2) is 9.10. The number of thiophene rings is 1. The van der Waals surface area contributed by atoms with Gasteiger partial charge in [-0.15, -0.1) is 11.3 Å². The van der Waals surface area contributed by atoms with Crippen LogP contribution in [0.25, 0.3) is 10.6 Å². The molecule has 0 bridgehead atoms. The molecule has 2 aliphatic heterocycles. The Hall–Kier alpha value is -3.39.